The van der Waals surface area contributed by atoms with E-state index in [1.165, 1.54) is 18.0 Å². The molecule has 0 saturated heterocycles. The minimum atomic E-state index is -3.66. The molecule has 2 aromatic carbocycles. The Morgan fingerprint density at radius 1 is 1.06 bits per heavy atom. The van der Waals surface area contributed by atoms with Gasteiger partial charge >= 0.3 is 0 Å². The van der Waals surface area contributed by atoms with E-state index in [4.69, 9.17) is 0 Å². The Bertz CT molecular complexity index is 1190. The topological polar surface area (TPSA) is 88.2 Å². The quantitative estimate of drug-likeness (QED) is 0.488. The van der Waals surface area contributed by atoms with Crippen LogP contribution in [0.4, 0.5) is 5.69 Å². The number of nitrogens with zero attached hydrogens (tertiary/aromatic N) is 1. The van der Waals surface area contributed by atoms with E-state index in [9.17, 15) is 13.2 Å². The van der Waals surface area contributed by atoms with E-state index in [-0.39, 0.29) is 10.8 Å². The molecule has 8 heteroatoms. The van der Waals surface area contributed by atoms with E-state index in [1.54, 1.807) is 48.5 Å². The molecular formula is C23H23N3O3S2. The van der Waals surface area contributed by atoms with Crippen LogP contribution in [0.1, 0.15) is 21.5 Å². The molecule has 0 fully saturated rings. The van der Waals surface area contributed by atoms with Gasteiger partial charge in [0.15, 0.2) is 0 Å². The molecule has 0 aliphatic rings. The van der Waals surface area contributed by atoms with Crippen LogP contribution < -0.4 is 10.0 Å². The zero-order chi connectivity index (χ0) is 22.4. The first-order chi connectivity index (χ1) is 14.8. The lowest BCUT2D eigenvalue weighted by atomic mass is 10.1. The molecule has 2 N–H and O–H groups in total. The molecule has 0 radical (unpaired) electrons. The predicted octanol–water partition coefficient (Wildman–Crippen LogP) is 4.57. The summed E-state index contributed by atoms with van der Waals surface area (Å²) < 4.78 is 27.9. The van der Waals surface area contributed by atoms with Crippen molar-refractivity contribution in [3.8, 4) is 0 Å². The minimum Gasteiger partial charge on any atom is -0.349 e. The summed E-state index contributed by atoms with van der Waals surface area (Å²) >= 11 is 1.42. The van der Waals surface area contributed by atoms with Gasteiger partial charge in [-0.1, -0.05) is 23.9 Å². The van der Waals surface area contributed by atoms with Crippen molar-refractivity contribution in [1.29, 1.82) is 0 Å². The highest BCUT2D eigenvalue weighted by atomic mass is 32.2. The van der Waals surface area contributed by atoms with Gasteiger partial charge in [-0.05, 0) is 73.5 Å². The van der Waals surface area contributed by atoms with E-state index in [2.05, 4.69) is 21.6 Å². The number of aromatic nitrogens is 1. The summed E-state index contributed by atoms with van der Waals surface area (Å²) in [6.45, 7) is 7.78. The van der Waals surface area contributed by atoms with Gasteiger partial charge in [-0.25, -0.2) is 13.4 Å². The smallest absolute Gasteiger partial charge is 0.261 e. The molecule has 31 heavy (non-hydrogen) atoms. The number of hydrogen-bond acceptors (Lipinski definition) is 5. The second kappa shape index (κ2) is 9.80. The maximum atomic E-state index is 12.6. The Morgan fingerprint density at radius 2 is 1.81 bits per heavy atom. The Morgan fingerprint density at radius 3 is 2.42 bits per heavy atom. The van der Waals surface area contributed by atoms with Crippen molar-refractivity contribution in [3.63, 3.8) is 0 Å². The number of sulfonamides is 1. The van der Waals surface area contributed by atoms with E-state index < -0.39 is 10.0 Å². The summed E-state index contributed by atoms with van der Waals surface area (Å²) in [5, 5.41) is 3.43. The number of aryl methyl sites for hydroxylation is 2. The van der Waals surface area contributed by atoms with Crippen LogP contribution in [0.25, 0.3) is 0 Å². The van der Waals surface area contributed by atoms with Crippen LogP contribution >= 0.6 is 11.8 Å². The van der Waals surface area contributed by atoms with Gasteiger partial charge in [-0.2, -0.15) is 0 Å². The van der Waals surface area contributed by atoms with Gasteiger partial charge in [0.25, 0.3) is 15.9 Å². The number of rotatable bonds is 8. The first-order valence-electron chi connectivity index (χ1n) is 9.51. The Balaban J connectivity index is 1.65. The number of pyridine rings is 1. The monoisotopic (exact) mass is 453 g/mol. The fraction of sp³-hybridized carbons (Fsp3) is 0.130. The zero-order valence-corrected chi connectivity index (χ0v) is 18.9. The molecule has 1 heterocycles. The highest BCUT2D eigenvalue weighted by molar-refractivity contribution is 7.99. The largest absolute Gasteiger partial charge is 0.349 e. The summed E-state index contributed by atoms with van der Waals surface area (Å²) in [5.74, 6) is -0.204. The van der Waals surface area contributed by atoms with Gasteiger partial charge in [0.1, 0.15) is 5.03 Å². The SMILES string of the molecule is C=CCNC(=O)c1ccc(Sc2ccc(NS(=O)(=O)c3ccc(C)c(C)c3)cc2)nc1. The maximum absolute atomic E-state index is 12.6. The molecular weight excluding hydrogens is 430 g/mol. The summed E-state index contributed by atoms with van der Waals surface area (Å²) in [6, 6.07) is 15.6. The fourth-order valence-corrected chi connectivity index (χ4v) is 4.55. The third-order valence-electron chi connectivity index (χ3n) is 4.52. The molecule has 6 nitrogen and oxygen atoms in total. The molecule has 0 aliphatic heterocycles. The molecule has 3 rings (SSSR count). The molecule has 0 saturated carbocycles. The van der Waals surface area contributed by atoms with Gasteiger partial charge in [-0.15, -0.1) is 6.58 Å². The predicted molar refractivity (Wildman–Crippen MR) is 124 cm³/mol. The van der Waals surface area contributed by atoms with Crippen molar-refractivity contribution < 1.29 is 13.2 Å². The minimum absolute atomic E-state index is 0.204. The normalized spacial score (nSPS) is 11.0. The lowest BCUT2D eigenvalue weighted by Gasteiger charge is -2.10. The zero-order valence-electron chi connectivity index (χ0n) is 17.3. The lowest BCUT2D eigenvalue weighted by molar-refractivity contribution is 0.0957. The second-order valence-electron chi connectivity index (χ2n) is 6.86. The van der Waals surface area contributed by atoms with E-state index in [1.807, 2.05) is 26.0 Å². The number of carbonyl (C=O) groups is 1. The van der Waals surface area contributed by atoms with Crippen LogP contribution in [0.5, 0.6) is 0 Å². The average Bonchev–Trinajstić information content (AvgIpc) is 2.75. The van der Waals surface area contributed by atoms with Crippen LogP contribution in [0.15, 0.2) is 88.3 Å². The van der Waals surface area contributed by atoms with Crippen LogP contribution in [0.2, 0.25) is 0 Å². The molecule has 0 bridgehead atoms. The van der Waals surface area contributed by atoms with Crippen molar-refractivity contribution in [2.45, 2.75) is 28.7 Å². The van der Waals surface area contributed by atoms with Crippen LogP contribution in [0.3, 0.4) is 0 Å². The standard InChI is InChI=1S/C23H23N3O3S2/c1-4-13-24-23(27)18-6-12-22(25-15-18)30-20-9-7-19(8-10-20)26-31(28,29)21-11-5-16(2)17(3)14-21/h4-12,14-15,26H,1,13H2,2-3H3,(H,24,27). The molecule has 0 unspecified atom stereocenters. The average molecular weight is 454 g/mol. The summed E-state index contributed by atoms with van der Waals surface area (Å²) in [5.41, 5.74) is 2.91. The maximum Gasteiger partial charge on any atom is 0.261 e. The first-order valence-corrected chi connectivity index (χ1v) is 11.8. The Kier molecular flexibility index (Phi) is 7.14. The number of carbonyl (C=O) groups excluding carboxylic acids is 1. The van der Waals surface area contributed by atoms with Gasteiger partial charge in [0.2, 0.25) is 0 Å². The van der Waals surface area contributed by atoms with Crippen molar-refractivity contribution >= 4 is 33.4 Å². The summed E-state index contributed by atoms with van der Waals surface area (Å²) in [4.78, 5) is 17.3. The van der Waals surface area contributed by atoms with Gasteiger partial charge < -0.3 is 5.32 Å². The first kappa shape index (κ1) is 22.6. The molecule has 3 aromatic rings. The number of hydrogen-bond donors (Lipinski definition) is 2. The van der Waals surface area contributed by atoms with E-state index in [0.29, 0.717) is 17.8 Å². The Hall–Kier alpha value is -3.10. The van der Waals surface area contributed by atoms with Gasteiger partial charge in [0.05, 0.1) is 10.5 Å². The lowest BCUT2D eigenvalue weighted by Crippen LogP contribution is -2.23. The van der Waals surface area contributed by atoms with Crippen molar-refractivity contribution in [3.05, 3.63) is 90.1 Å². The van der Waals surface area contributed by atoms with Gasteiger partial charge in [0, 0.05) is 23.3 Å². The molecule has 0 atom stereocenters. The highest BCUT2D eigenvalue weighted by Gasteiger charge is 2.15. The fourth-order valence-electron chi connectivity index (χ4n) is 2.65. The number of amides is 1. The Labute approximate surface area is 186 Å². The molecule has 160 valence electrons. The van der Waals surface area contributed by atoms with E-state index >= 15 is 0 Å². The van der Waals surface area contributed by atoms with Crippen molar-refractivity contribution in [2.24, 2.45) is 0 Å². The molecule has 0 aliphatic carbocycles. The van der Waals surface area contributed by atoms with Crippen molar-refractivity contribution in [2.75, 3.05) is 11.3 Å². The third-order valence-corrected chi connectivity index (χ3v) is 6.86. The molecule has 0 spiro atoms. The third kappa shape index (κ3) is 5.96. The summed E-state index contributed by atoms with van der Waals surface area (Å²) in [7, 11) is -3.66. The highest BCUT2D eigenvalue weighted by Crippen LogP contribution is 2.28. The summed E-state index contributed by atoms with van der Waals surface area (Å²) in [6.07, 6.45) is 3.13. The second-order valence-corrected chi connectivity index (χ2v) is 9.64. The van der Waals surface area contributed by atoms with Crippen LogP contribution in [-0.2, 0) is 10.0 Å². The van der Waals surface area contributed by atoms with E-state index in [0.717, 1.165) is 21.0 Å². The van der Waals surface area contributed by atoms with Crippen LogP contribution in [0, 0.1) is 13.8 Å². The number of benzene rings is 2. The van der Waals surface area contributed by atoms with Gasteiger partial charge in [-0.3, -0.25) is 9.52 Å². The van der Waals surface area contributed by atoms with Crippen LogP contribution in [-0.4, -0.2) is 25.9 Å². The molecule has 1 amide bonds. The number of anilines is 1. The number of nitrogens with one attached hydrogen (secondary N) is 2. The molecule has 1 aromatic heterocycles. The van der Waals surface area contributed by atoms with Crippen molar-refractivity contribution in [1.82, 2.24) is 10.3 Å².